The fourth-order valence-corrected chi connectivity index (χ4v) is 3.07. The summed E-state index contributed by atoms with van der Waals surface area (Å²) in [6.07, 6.45) is 0.883. The first-order valence-electron chi connectivity index (χ1n) is 8.97. The number of benzene rings is 1. The van der Waals surface area contributed by atoms with Gasteiger partial charge in [0, 0.05) is 42.9 Å². The predicted octanol–water partition coefficient (Wildman–Crippen LogP) is 2.98. The molecule has 138 valence electrons. The Morgan fingerprint density at radius 2 is 1.88 bits per heavy atom. The summed E-state index contributed by atoms with van der Waals surface area (Å²) in [5.74, 6) is 0.625. The molecule has 0 radical (unpaired) electrons. The van der Waals surface area contributed by atoms with Crippen molar-refractivity contribution in [1.29, 1.82) is 0 Å². The molecule has 7 heteroatoms. The molecule has 0 aliphatic carbocycles. The molecule has 1 atom stereocenters. The Morgan fingerprint density at radius 1 is 1.15 bits per heavy atom. The number of anilines is 2. The highest BCUT2D eigenvalue weighted by Gasteiger charge is 2.19. The van der Waals surface area contributed by atoms with E-state index in [2.05, 4.69) is 31.4 Å². The van der Waals surface area contributed by atoms with Gasteiger partial charge in [-0.3, -0.25) is 4.79 Å². The number of rotatable bonds is 5. The van der Waals surface area contributed by atoms with Crippen molar-refractivity contribution >= 4 is 29.0 Å². The molecule has 6 nitrogen and oxygen atoms in total. The Labute approximate surface area is 159 Å². The van der Waals surface area contributed by atoms with E-state index in [4.69, 9.17) is 11.6 Å². The Bertz CT molecular complexity index is 744. The highest BCUT2D eigenvalue weighted by Crippen LogP contribution is 2.22. The molecule has 1 aliphatic rings. The summed E-state index contributed by atoms with van der Waals surface area (Å²) >= 11 is 6.08. The van der Waals surface area contributed by atoms with Crippen molar-refractivity contribution in [2.75, 3.05) is 36.0 Å². The van der Waals surface area contributed by atoms with Crippen molar-refractivity contribution in [3.63, 3.8) is 0 Å². The van der Waals surface area contributed by atoms with Crippen LogP contribution in [-0.2, 0) is 0 Å². The van der Waals surface area contributed by atoms with Gasteiger partial charge < -0.3 is 15.1 Å². The highest BCUT2D eigenvalue weighted by molar-refractivity contribution is 6.30. The van der Waals surface area contributed by atoms with Crippen molar-refractivity contribution in [1.82, 2.24) is 15.5 Å². The van der Waals surface area contributed by atoms with Crippen LogP contribution in [0.1, 0.15) is 30.8 Å². The third-order valence-electron chi connectivity index (χ3n) is 4.65. The first-order valence-corrected chi connectivity index (χ1v) is 9.34. The standard InChI is InChI=1S/C19H24ClN5O/c1-3-14(2)21-19(26)17-7-8-18(23-22-17)25-11-9-24(10-12-25)16-6-4-5-15(20)13-16/h4-8,13-14H,3,9-12H2,1-2H3,(H,21,26). The van der Waals surface area contributed by atoms with Crippen LogP contribution in [0.5, 0.6) is 0 Å². The molecule has 1 fully saturated rings. The van der Waals surface area contributed by atoms with E-state index >= 15 is 0 Å². The molecule has 1 unspecified atom stereocenters. The van der Waals surface area contributed by atoms with Crippen molar-refractivity contribution < 1.29 is 4.79 Å². The van der Waals surface area contributed by atoms with Crippen molar-refractivity contribution in [2.24, 2.45) is 0 Å². The zero-order valence-corrected chi connectivity index (χ0v) is 15.9. The van der Waals surface area contributed by atoms with Crippen LogP contribution in [0.2, 0.25) is 5.02 Å². The van der Waals surface area contributed by atoms with Crippen LogP contribution in [-0.4, -0.2) is 48.3 Å². The van der Waals surface area contributed by atoms with E-state index in [0.29, 0.717) is 5.69 Å². The lowest BCUT2D eigenvalue weighted by molar-refractivity contribution is 0.0933. The van der Waals surface area contributed by atoms with Crippen molar-refractivity contribution in [2.45, 2.75) is 26.3 Å². The summed E-state index contributed by atoms with van der Waals surface area (Å²) < 4.78 is 0. The minimum absolute atomic E-state index is 0.128. The van der Waals surface area contributed by atoms with E-state index in [1.54, 1.807) is 6.07 Å². The average Bonchev–Trinajstić information content (AvgIpc) is 2.68. The number of carbonyl (C=O) groups excluding carboxylic acids is 1. The van der Waals surface area contributed by atoms with Crippen LogP contribution in [0.25, 0.3) is 0 Å². The number of nitrogens with one attached hydrogen (secondary N) is 1. The minimum Gasteiger partial charge on any atom is -0.368 e. The maximum absolute atomic E-state index is 12.1. The summed E-state index contributed by atoms with van der Waals surface area (Å²) in [6.45, 7) is 7.47. The Morgan fingerprint density at radius 3 is 2.50 bits per heavy atom. The minimum atomic E-state index is -0.177. The quantitative estimate of drug-likeness (QED) is 0.873. The zero-order chi connectivity index (χ0) is 18.5. The van der Waals surface area contributed by atoms with Gasteiger partial charge in [-0.25, -0.2) is 0 Å². The lowest BCUT2D eigenvalue weighted by Crippen LogP contribution is -2.47. The number of nitrogens with zero attached hydrogens (tertiary/aromatic N) is 4. The fraction of sp³-hybridized carbons (Fsp3) is 0.421. The lowest BCUT2D eigenvalue weighted by atomic mass is 10.2. The average molecular weight is 374 g/mol. The van der Waals surface area contributed by atoms with Crippen molar-refractivity contribution in [3.05, 3.63) is 47.1 Å². The number of amides is 1. The third-order valence-corrected chi connectivity index (χ3v) is 4.89. The second-order valence-electron chi connectivity index (χ2n) is 6.51. The first-order chi connectivity index (χ1) is 12.6. The molecule has 0 bridgehead atoms. The summed E-state index contributed by atoms with van der Waals surface area (Å²) in [5.41, 5.74) is 1.49. The topological polar surface area (TPSA) is 61.4 Å². The predicted molar refractivity (Wildman–Crippen MR) is 105 cm³/mol. The second kappa shape index (κ2) is 8.36. The van der Waals surface area contributed by atoms with E-state index in [9.17, 15) is 4.79 Å². The summed E-state index contributed by atoms with van der Waals surface area (Å²) in [5, 5.41) is 12.0. The van der Waals surface area contributed by atoms with Crippen LogP contribution in [0, 0.1) is 0 Å². The normalized spacial score (nSPS) is 15.7. The number of halogens is 1. The van der Waals surface area contributed by atoms with Gasteiger partial charge in [-0.05, 0) is 43.7 Å². The molecule has 2 aromatic rings. The van der Waals surface area contributed by atoms with Gasteiger partial charge in [-0.2, -0.15) is 0 Å². The van der Waals surface area contributed by atoms with Gasteiger partial charge >= 0.3 is 0 Å². The maximum Gasteiger partial charge on any atom is 0.272 e. The number of aromatic nitrogens is 2. The third kappa shape index (κ3) is 4.43. The van der Waals surface area contributed by atoms with Gasteiger partial charge in [0.2, 0.25) is 0 Å². The lowest BCUT2D eigenvalue weighted by Gasteiger charge is -2.36. The van der Waals surface area contributed by atoms with Crippen LogP contribution >= 0.6 is 11.6 Å². The monoisotopic (exact) mass is 373 g/mol. The molecule has 1 aliphatic heterocycles. The second-order valence-corrected chi connectivity index (χ2v) is 6.95. The van der Waals surface area contributed by atoms with Crippen molar-refractivity contribution in [3.8, 4) is 0 Å². The Balaban J connectivity index is 1.58. The van der Waals surface area contributed by atoms with Gasteiger partial charge in [-0.15, -0.1) is 10.2 Å². The van der Waals surface area contributed by atoms with Crippen LogP contribution in [0.15, 0.2) is 36.4 Å². The summed E-state index contributed by atoms with van der Waals surface area (Å²) in [4.78, 5) is 16.6. The van der Waals surface area contributed by atoms with E-state index in [0.717, 1.165) is 49.1 Å². The van der Waals surface area contributed by atoms with E-state index in [-0.39, 0.29) is 11.9 Å². The SMILES string of the molecule is CCC(C)NC(=O)c1ccc(N2CCN(c3cccc(Cl)c3)CC2)nn1. The molecule has 1 aromatic heterocycles. The number of carbonyl (C=O) groups is 1. The number of hydrogen-bond donors (Lipinski definition) is 1. The van der Waals surface area contributed by atoms with Gasteiger partial charge in [0.1, 0.15) is 0 Å². The number of hydrogen-bond acceptors (Lipinski definition) is 5. The molecular formula is C19H24ClN5O. The molecule has 3 rings (SSSR count). The molecule has 0 saturated carbocycles. The van der Waals surface area contributed by atoms with Gasteiger partial charge in [0.15, 0.2) is 11.5 Å². The summed E-state index contributed by atoms with van der Waals surface area (Å²) in [7, 11) is 0. The maximum atomic E-state index is 12.1. The van der Waals surface area contributed by atoms with Crippen LogP contribution in [0.4, 0.5) is 11.5 Å². The van der Waals surface area contributed by atoms with Gasteiger partial charge in [0.05, 0.1) is 0 Å². The molecule has 0 spiro atoms. The van der Waals surface area contributed by atoms with E-state index in [1.807, 2.05) is 38.1 Å². The van der Waals surface area contributed by atoms with E-state index in [1.165, 1.54) is 0 Å². The first kappa shape index (κ1) is 18.5. The molecule has 1 N–H and O–H groups in total. The summed E-state index contributed by atoms with van der Waals surface area (Å²) in [6, 6.07) is 11.7. The molecule has 26 heavy (non-hydrogen) atoms. The molecule has 1 amide bonds. The van der Waals surface area contributed by atoms with Gasteiger partial charge in [-0.1, -0.05) is 24.6 Å². The van der Waals surface area contributed by atoms with Gasteiger partial charge in [0.25, 0.3) is 5.91 Å². The Kier molecular flexibility index (Phi) is 5.93. The smallest absolute Gasteiger partial charge is 0.272 e. The molecular weight excluding hydrogens is 350 g/mol. The van der Waals surface area contributed by atoms with Crippen LogP contribution < -0.4 is 15.1 Å². The Hall–Kier alpha value is -2.34. The fourth-order valence-electron chi connectivity index (χ4n) is 2.88. The molecule has 1 aromatic carbocycles. The van der Waals surface area contributed by atoms with E-state index < -0.39 is 0 Å². The largest absolute Gasteiger partial charge is 0.368 e. The molecule has 2 heterocycles. The molecule has 1 saturated heterocycles. The highest BCUT2D eigenvalue weighted by atomic mass is 35.5. The van der Waals surface area contributed by atoms with Crippen LogP contribution in [0.3, 0.4) is 0 Å². The zero-order valence-electron chi connectivity index (χ0n) is 15.2. The number of piperazine rings is 1.